The molecule has 1 aliphatic heterocycles. The monoisotopic (exact) mass is 288 g/mol. The maximum Gasteiger partial charge on any atom is 0.172 e. The van der Waals surface area contributed by atoms with Crippen molar-refractivity contribution in [2.24, 2.45) is 16.8 Å². The maximum absolute atomic E-state index is 8.99. The van der Waals surface area contributed by atoms with E-state index in [1.54, 1.807) is 0 Å². The van der Waals surface area contributed by atoms with E-state index >= 15 is 0 Å². The van der Waals surface area contributed by atoms with E-state index in [-0.39, 0.29) is 5.84 Å². The first-order valence-electron chi connectivity index (χ1n) is 7.73. The third-order valence-corrected chi connectivity index (χ3v) is 4.46. The van der Waals surface area contributed by atoms with Gasteiger partial charge in [-0.15, -0.1) is 0 Å². The van der Waals surface area contributed by atoms with Crippen LogP contribution < -0.4 is 10.6 Å². The van der Waals surface area contributed by atoms with Crippen LogP contribution in [0.4, 0.5) is 5.69 Å². The first-order valence-corrected chi connectivity index (χ1v) is 7.73. The molecular formula is C16H24N4O. The van der Waals surface area contributed by atoms with Gasteiger partial charge in [-0.2, -0.15) is 0 Å². The Morgan fingerprint density at radius 1 is 1.29 bits per heavy atom. The molecule has 0 aromatic heterocycles. The summed E-state index contributed by atoms with van der Waals surface area (Å²) in [4.78, 5) is 4.90. The van der Waals surface area contributed by atoms with E-state index < -0.39 is 0 Å². The van der Waals surface area contributed by atoms with Gasteiger partial charge in [-0.1, -0.05) is 16.8 Å². The van der Waals surface area contributed by atoms with Crippen molar-refractivity contribution in [3.8, 4) is 0 Å². The fourth-order valence-corrected chi connectivity index (χ4v) is 3.02. The van der Waals surface area contributed by atoms with E-state index in [0.29, 0.717) is 0 Å². The second-order valence-electron chi connectivity index (χ2n) is 6.24. The van der Waals surface area contributed by atoms with Gasteiger partial charge in [-0.05, 0) is 37.8 Å². The minimum atomic E-state index is 0.189. The van der Waals surface area contributed by atoms with Crippen molar-refractivity contribution in [3.05, 3.63) is 29.3 Å². The third-order valence-electron chi connectivity index (χ3n) is 4.46. The van der Waals surface area contributed by atoms with Gasteiger partial charge in [0.15, 0.2) is 5.84 Å². The molecule has 1 saturated heterocycles. The molecule has 3 rings (SSSR count). The average molecular weight is 288 g/mol. The van der Waals surface area contributed by atoms with E-state index in [0.717, 1.165) is 48.9 Å². The summed E-state index contributed by atoms with van der Waals surface area (Å²) in [6.07, 6.45) is 2.82. The van der Waals surface area contributed by atoms with Crippen molar-refractivity contribution in [1.82, 2.24) is 4.90 Å². The molecule has 2 aliphatic rings. The highest BCUT2D eigenvalue weighted by Crippen LogP contribution is 2.30. The largest absolute Gasteiger partial charge is 0.409 e. The van der Waals surface area contributed by atoms with E-state index in [4.69, 9.17) is 10.9 Å². The Labute approximate surface area is 126 Å². The zero-order valence-corrected chi connectivity index (χ0v) is 12.6. The summed E-state index contributed by atoms with van der Waals surface area (Å²) in [6.45, 7) is 7.48. The molecule has 0 amide bonds. The summed E-state index contributed by atoms with van der Waals surface area (Å²) < 4.78 is 0. The first-order chi connectivity index (χ1) is 10.2. The van der Waals surface area contributed by atoms with Crippen LogP contribution in [0.3, 0.4) is 0 Å². The number of anilines is 1. The molecular weight excluding hydrogens is 264 g/mol. The normalized spacial score (nSPS) is 20.8. The number of benzene rings is 1. The topological polar surface area (TPSA) is 65.1 Å². The number of hydrogen-bond acceptors (Lipinski definition) is 4. The minimum Gasteiger partial charge on any atom is -0.409 e. The standard InChI is InChI=1S/C16H24N4O/c1-12-2-5-15(14(10-12)16(17)18-21)20-8-6-19(7-9-20)11-13-3-4-13/h2,5,10,13,21H,3-4,6-9,11H2,1H3,(H2,17,18). The van der Waals surface area contributed by atoms with Crippen LogP contribution in [0.2, 0.25) is 0 Å². The first kappa shape index (κ1) is 14.2. The zero-order valence-electron chi connectivity index (χ0n) is 12.6. The Morgan fingerprint density at radius 3 is 2.62 bits per heavy atom. The molecule has 2 fully saturated rings. The molecule has 0 atom stereocenters. The minimum absolute atomic E-state index is 0.189. The van der Waals surface area contributed by atoms with Crippen molar-refractivity contribution in [2.75, 3.05) is 37.6 Å². The molecule has 21 heavy (non-hydrogen) atoms. The number of piperazine rings is 1. The Morgan fingerprint density at radius 2 is 2.00 bits per heavy atom. The highest BCUT2D eigenvalue weighted by molar-refractivity contribution is 6.02. The number of hydrogen-bond donors (Lipinski definition) is 2. The molecule has 0 radical (unpaired) electrons. The second-order valence-corrected chi connectivity index (χ2v) is 6.24. The third kappa shape index (κ3) is 3.29. The van der Waals surface area contributed by atoms with E-state index in [2.05, 4.69) is 27.1 Å². The lowest BCUT2D eigenvalue weighted by Crippen LogP contribution is -2.47. The highest BCUT2D eigenvalue weighted by Gasteiger charge is 2.27. The summed E-state index contributed by atoms with van der Waals surface area (Å²) in [5.41, 5.74) is 8.85. The molecule has 114 valence electrons. The zero-order chi connectivity index (χ0) is 14.8. The molecule has 5 heteroatoms. The van der Waals surface area contributed by atoms with Gasteiger partial charge in [0.05, 0.1) is 0 Å². The van der Waals surface area contributed by atoms with E-state index in [9.17, 15) is 0 Å². The predicted octanol–water partition coefficient (Wildman–Crippen LogP) is 1.62. The molecule has 0 unspecified atom stereocenters. The quantitative estimate of drug-likeness (QED) is 0.382. The van der Waals surface area contributed by atoms with Gasteiger partial charge in [0.2, 0.25) is 0 Å². The molecule has 0 bridgehead atoms. The SMILES string of the molecule is Cc1ccc(N2CCN(CC3CC3)CC2)c(/C(N)=N/O)c1. The van der Waals surface area contributed by atoms with Gasteiger partial charge >= 0.3 is 0 Å². The Bertz CT molecular complexity index is 531. The number of oxime groups is 1. The van der Waals surface area contributed by atoms with Crippen LogP contribution in [0.25, 0.3) is 0 Å². The molecule has 1 aromatic rings. The number of aryl methyl sites for hydroxylation is 1. The van der Waals surface area contributed by atoms with Crippen LogP contribution in [-0.4, -0.2) is 48.7 Å². The lowest BCUT2D eigenvalue weighted by Gasteiger charge is -2.37. The van der Waals surface area contributed by atoms with Crippen molar-refractivity contribution in [2.45, 2.75) is 19.8 Å². The van der Waals surface area contributed by atoms with Crippen LogP contribution in [0, 0.1) is 12.8 Å². The van der Waals surface area contributed by atoms with Crippen LogP contribution in [0.15, 0.2) is 23.4 Å². The fraction of sp³-hybridized carbons (Fsp3) is 0.562. The van der Waals surface area contributed by atoms with Crippen LogP contribution >= 0.6 is 0 Å². The molecule has 1 aliphatic carbocycles. The summed E-state index contributed by atoms with van der Waals surface area (Å²) in [7, 11) is 0. The summed E-state index contributed by atoms with van der Waals surface area (Å²) in [5.74, 6) is 1.14. The van der Waals surface area contributed by atoms with Crippen molar-refractivity contribution < 1.29 is 5.21 Å². The molecule has 1 aromatic carbocycles. The summed E-state index contributed by atoms with van der Waals surface area (Å²) in [5, 5.41) is 12.2. The van der Waals surface area contributed by atoms with Crippen molar-refractivity contribution >= 4 is 11.5 Å². The van der Waals surface area contributed by atoms with Gasteiger partial charge in [-0.3, -0.25) is 4.90 Å². The van der Waals surface area contributed by atoms with Crippen LogP contribution in [0.1, 0.15) is 24.0 Å². The number of nitrogens with zero attached hydrogens (tertiary/aromatic N) is 3. The molecule has 5 nitrogen and oxygen atoms in total. The molecule has 1 heterocycles. The molecule has 1 saturated carbocycles. The van der Waals surface area contributed by atoms with Gasteiger partial charge in [0, 0.05) is 44.0 Å². The Hall–Kier alpha value is -1.75. The van der Waals surface area contributed by atoms with Gasteiger partial charge in [0.1, 0.15) is 0 Å². The fourth-order valence-electron chi connectivity index (χ4n) is 3.02. The summed E-state index contributed by atoms with van der Waals surface area (Å²) in [6, 6.07) is 6.15. The maximum atomic E-state index is 8.99. The molecule has 3 N–H and O–H groups in total. The number of amidine groups is 1. The highest BCUT2D eigenvalue weighted by atomic mass is 16.4. The average Bonchev–Trinajstić information content (AvgIpc) is 3.31. The predicted molar refractivity (Wildman–Crippen MR) is 85.1 cm³/mol. The molecule has 0 spiro atoms. The van der Waals surface area contributed by atoms with Gasteiger partial charge < -0.3 is 15.8 Å². The van der Waals surface area contributed by atoms with E-state index in [1.165, 1.54) is 19.4 Å². The Balaban J connectivity index is 1.72. The second kappa shape index (κ2) is 5.93. The van der Waals surface area contributed by atoms with E-state index in [1.807, 2.05) is 13.0 Å². The van der Waals surface area contributed by atoms with Crippen LogP contribution in [-0.2, 0) is 0 Å². The van der Waals surface area contributed by atoms with Gasteiger partial charge in [0.25, 0.3) is 0 Å². The summed E-state index contributed by atoms with van der Waals surface area (Å²) >= 11 is 0. The van der Waals surface area contributed by atoms with Crippen molar-refractivity contribution in [3.63, 3.8) is 0 Å². The van der Waals surface area contributed by atoms with Crippen LogP contribution in [0.5, 0.6) is 0 Å². The number of rotatable bonds is 4. The van der Waals surface area contributed by atoms with Gasteiger partial charge in [-0.25, -0.2) is 0 Å². The van der Waals surface area contributed by atoms with Crippen molar-refractivity contribution in [1.29, 1.82) is 0 Å². The smallest absolute Gasteiger partial charge is 0.172 e. The lowest BCUT2D eigenvalue weighted by atomic mass is 10.1. The Kier molecular flexibility index (Phi) is 4.01. The number of nitrogens with two attached hydrogens (primary N) is 1. The lowest BCUT2D eigenvalue weighted by molar-refractivity contribution is 0.248.